The van der Waals surface area contributed by atoms with Gasteiger partial charge in [-0.2, -0.15) is 0 Å². The lowest BCUT2D eigenvalue weighted by Crippen LogP contribution is -2.29. The normalized spacial score (nSPS) is 10.0. The molecule has 0 atom stereocenters. The molecule has 0 spiro atoms. The summed E-state index contributed by atoms with van der Waals surface area (Å²) in [5.74, 6) is -0.215. The number of para-hydroxylation sites is 1. The van der Waals surface area contributed by atoms with Crippen LogP contribution in [0.3, 0.4) is 0 Å². The van der Waals surface area contributed by atoms with Gasteiger partial charge in [0.1, 0.15) is 0 Å². The lowest BCUT2D eigenvalue weighted by molar-refractivity contribution is 0.102. The van der Waals surface area contributed by atoms with Crippen LogP contribution in [0.5, 0.6) is 0 Å². The molecule has 5 nitrogen and oxygen atoms in total. The molecule has 2 aromatic carbocycles. The van der Waals surface area contributed by atoms with Gasteiger partial charge in [-0.1, -0.05) is 31.2 Å². The number of rotatable bonds is 5. The molecule has 23 heavy (non-hydrogen) atoms. The number of amides is 3. The third-order valence-corrected chi connectivity index (χ3v) is 3.32. The molecule has 0 aromatic heterocycles. The van der Waals surface area contributed by atoms with E-state index in [1.165, 1.54) is 0 Å². The summed E-state index contributed by atoms with van der Waals surface area (Å²) in [7, 11) is 0. The first-order valence-corrected chi connectivity index (χ1v) is 7.62. The van der Waals surface area contributed by atoms with Gasteiger partial charge in [0, 0.05) is 23.5 Å². The van der Waals surface area contributed by atoms with Crippen LogP contribution in [0.2, 0.25) is 0 Å². The maximum Gasteiger partial charge on any atom is 0.319 e. The average Bonchev–Trinajstić information content (AvgIpc) is 2.56. The summed E-state index contributed by atoms with van der Waals surface area (Å²) in [6.07, 6.45) is 0.867. The van der Waals surface area contributed by atoms with E-state index in [4.69, 9.17) is 0 Å². The van der Waals surface area contributed by atoms with Crippen LogP contribution in [0.4, 0.5) is 16.2 Å². The standard InChI is InChI=1S/C18H21N3O2/c1-3-11-19-18(23)21-16-12-14(10-9-13(16)2)17(22)20-15-7-5-4-6-8-15/h4-10,12H,3,11H2,1-2H3,(H,20,22)(H2,19,21,23). The number of carbonyl (C=O) groups is 2. The first kappa shape index (κ1) is 16.5. The topological polar surface area (TPSA) is 70.2 Å². The maximum absolute atomic E-state index is 12.3. The van der Waals surface area contributed by atoms with Gasteiger partial charge in [-0.3, -0.25) is 4.79 Å². The lowest BCUT2D eigenvalue weighted by Gasteiger charge is -2.11. The predicted octanol–water partition coefficient (Wildman–Crippen LogP) is 3.78. The van der Waals surface area contributed by atoms with Gasteiger partial charge in [-0.25, -0.2) is 4.79 Å². The number of nitrogens with one attached hydrogen (secondary N) is 3. The largest absolute Gasteiger partial charge is 0.338 e. The van der Waals surface area contributed by atoms with Crippen molar-refractivity contribution in [2.75, 3.05) is 17.2 Å². The molecule has 5 heteroatoms. The number of carbonyl (C=O) groups excluding carboxylic acids is 2. The lowest BCUT2D eigenvalue weighted by atomic mass is 10.1. The second kappa shape index (κ2) is 7.98. The summed E-state index contributed by atoms with van der Waals surface area (Å²) < 4.78 is 0. The molecular weight excluding hydrogens is 290 g/mol. The maximum atomic E-state index is 12.3. The second-order valence-corrected chi connectivity index (χ2v) is 5.23. The third kappa shape index (κ3) is 4.85. The Balaban J connectivity index is 2.10. The van der Waals surface area contributed by atoms with E-state index in [0.29, 0.717) is 17.8 Å². The van der Waals surface area contributed by atoms with Crippen molar-refractivity contribution in [1.82, 2.24) is 5.32 Å². The number of aryl methyl sites for hydroxylation is 1. The Morgan fingerprint density at radius 2 is 1.74 bits per heavy atom. The van der Waals surface area contributed by atoms with E-state index >= 15 is 0 Å². The Labute approximate surface area is 136 Å². The molecule has 0 heterocycles. The van der Waals surface area contributed by atoms with E-state index in [1.807, 2.05) is 50.2 Å². The van der Waals surface area contributed by atoms with E-state index in [2.05, 4.69) is 16.0 Å². The summed E-state index contributed by atoms with van der Waals surface area (Å²) in [5, 5.41) is 8.35. The summed E-state index contributed by atoms with van der Waals surface area (Å²) in [5.41, 5.74) is 2.74. The van der Waals surface area contributed by atoms with Gasteiger partial charge in [0.15, 0.2) is 0 Å². The van der Waals surface area contributed by atoms with Crippen molar-refractivity contribution in [2.24, 2.45) is 0 Å². The van der Waals surface area contributed by atoms with Crippen LogP contribution in [0.1, 0.15) is 29.3 Å². The molecule has 0 bridgehead atoms. The molecule has 0 saturated carbocycles. The number of anilines is 2. The van der Waals surface area contributed by atoms with Crippen LogP contribution in [-0.4, -0.2) is 18.5 Å². The monoisotopic (exact) mass is 311 g/mol. The summed E-state index contributed by atoms with van der Waals surface area (Å²) >= 11 is 0. The molecule has 120 valence electrons. The first-order chi connectivity index (χ1) is 11.1. The van der Waals surface area contributed by atoms with Gasteiger partial charge in [0.25, 0.3) is 5.91 Å². The van der Waals surface area contributed by atoms with E-state index in [1.54, 1.807) is 12.1 Å². The van der Waals surface area contributed by atoms with E-state index in [-0.39, 0.29) is 11.9 Å². The molecule has 0 aliphatic heterocycles. The zero-order valence-corrected chi connectivity index (χ0v) is 13.3. The van der Waals surface area contributed by atoms with Crippen molar-refractivity contribution in [3.8, 4) is 0 Å². The molecule has 3 N–H and O–H groups in total. The second-order valence-electron chi connectivity index (χ2n) is 5.23. The third-order valence-electron chi connectivity index (χ3n) is 3.32. The minimum atomic E-state index is -0.268. The zero-order valence-electron chi connectivity index (χ0n) is 13.3. The molecule has 0 aliphatic rings. The molecule has 0 saturated heterocycles. The number of urea groups is 1. The van der Waals surface area contributed by atoms with E-state index in [9.17, 15) is 9.59 Å². The SMILES string of the molecule is CCCNC(=O)Nc1cc(C(=O)Nc2ccccc2)ccc1C. The van der Waals surface area contributed by atoms with Gasteiger partial charge >= 0.3 is 6.03 Å². The van der Waals surface area contributed by atoms with Crippen LogP contribution in [-0.2, 0) is 0 Å². The quantitative estimate of drug-likeness (QED) is 0.786. The highest BCUT2D eigenvalue weighted by molar-refractivity contribution is 6.05. The van der Waals surface area contributed by atoms with E-state index in [0.717, 1.165) is 17.7 Å². The molecular formula is C18H21N3O2. The predicted molar refractivity (Wildman–Crippen MR) is 92.9 cm³/mol. The minimum absolute atomic E-state index is 0.215. The van der Waals surface area contributed by atoms with Crippen LogP contribution >= 0.6 is 0 Å². The fourth-order valence-electron chi connectivity index (χ4n) is 2.03. The number of hydrogen-bond acceptors (Lipinski definition) is 2. The Morgan fingerprint density at radius 3 is 2.43 bits per heavy atom. The fourth-order valence-corrected chi connectivity index (χ4v) is 2.03. The fraction of sp³-hybridized carbons (Fsp3) is 0.222. The van der Waals surface area contributed by atoms with Gasteiger partial charge in [0.05, 0.1) is 0 Å². The molecule has 0 unspecified atom stereocenters. The zero-order chi connectivity index (χ0) is 16.7. The number of benzene rings is 2. The Bertz CT molecular complexity index is 684. The highest BCUT2D eigenvalue weighted by Crippen LogP contribution is 2.18. The average molecular weight is 311 g/mol. The van der Waals surface area contributed by atoms with Gasteiger partial charge in [-0.15, -0.1) is 0 Å². The van der Waals surface area contributed by atoms with Crippen LogP contribution in [0.15, 0.2) is 48.5 Å². The van der Waals surface area contributed by atoms with Crippen molar-refractivity contribution in [3.63, 3.8) is 0 Å². The Morgan fingerprint density at radius 1 is 1.00 bits per heavy atom. The highest BCUT2D eigenvalue weighted by Gasteiger charge is 2.10. The summed E-state index contributed by atoms with van der Waals surface area (Å²) in [6, 6.07) is 14.2. The summed E-state index contributed by atoms with van der Waals surface area (Å²) in [6.45, 7) is 4.48. The van der Waals surface area contributed by atoms with Crippen molar-refractivity contribution in [1.29, 1.82) is 0 Å². The van der Waals surface area contributed by atoms with Gasteiger partial charge < -0.3 is 16.0 Å². The van der Waals surface area contributed by atoms with Crippen LogP contribution in [0, 0.1) is 6.92 Å². The highest BCUT2D eigenvalue weighted by atomic mass is 16.2. The first-order valence-electron chi connectivity index (χ1n) is 7.62. The Kier molecular flexibility index (Phi) is 5.74. The molecule has 2 rings (SSSR count). The molecule has 2 aromatic rings. The van der Waals surface area contributed by atoms with Crippen LogP contribution < -0.4 is 16.0 Å². The van der Waals surface area contributed by atoms with Crippen molar-refractivity contribution < 1.29 is 9.59 Å². The smallest absolute Gasteiger partial charge is 0.319 e. The molecule has 3 amide bonds. The van der Waals surface area contributed by atoms with Crippen molar-refractivity contribution in [2.45, 2.75) is 20.3 Å². The van der Waals surface area contributed by atoms with Crippen molar-refractivity contribution in [3.05, 3.63) is 59.7 Å². The van der Waals surface area contributed by atoms with Gasteiger partial charge in [0.2, 0.25) is 0 Å². The minimum Gasteiger partial charge on any atom is -0.338 e. The van der Waals surface area contributed by atoms with Crippen LogP contribution in [0.25, 0.3) is 0 Å². The van der Waals surface area contributed by atoms with Gasteiger partial charge in [-0.05, 0) is 43.2 Å². The Hall–Kier alpha value is -2.82. The molecule has 0 aliphatic carbocycles. The van der Waals surface area contributed by atoms with E-state index < -0.39 is 0 Å². The summed E-state index contributed by atoms with van der Waals surface area (Å²) in [4.78, 5) is 24.1. The van der Waals surface area contributed by atoms with Crippen molar-refractivity contribution >= 4 is 23.3 Å². The molecule has 0 fully saturated rings. The number of hydrogen-bond donors (Lipinski definition) is 3. The molecule has 0 radical (unpaired) electrons.